The summed E-state index contributed by atoms with van der Waals surface area (Å²) in [5, 5.41) is 7.86. The van der Waals surface area contributed by atoms with E-state index in [0.29, 0.717) is 34.2 Å². The quantitative estimate of drug-likeness (QED) is 0.744. The van der Waals surface area contributed by atoms with E-state index in [1.54, 1.807) is 30.3 Å². The molecule has 2 aromatic rings. The minimum Gasteiger partial charge on any atom is -0.336 e. The van der Waals surface area contributed by atoms with E-state index in [1.165, 1.54) is 11.3 Å². The highest BCUT2D eigenvalue weighted by Gasteiger charge is 2.21. The number of likely N-dealkylation sites (N-methyl/N-ethyl adjacent to an activating group) is 1. The van der Waals surface area contributed by atoms with Crippen molar-refractivity contribution in [3.05, 3.63) is 51.2 Å². The van der Waals surface area contributed by atoms with E-state index in [-0.39, 0.29) is 16.9 Å². The van der Waals surface area contributed by atoms with Gasteiger partial charge in [-0.3, -0.25) is 14.9 Å². The number of thiocarbonyl (C=S) groups is 1. The van der Waals surface area contributed by atoms with Crippen molar-refractivity contribution in [2.45, 2.75) is 0 Å². The lowest BCUT2D eigenvalue weighted by Gasteiger charge is -2.32. The molecule has 3 rings (SSSR count). The molecule has 2 amide bonds. The Morgan fingerprint density at radius 1 is 1.19 bits per heavy atom. The molecule has 1 fully saturated rings. The standard InChI is InChI=1S/C18H19ClN4O2S2/c1-22-6-8-23(9-7-22)17(25)12-4-5-13(19)14(11-12)20-18(26)21-16(24)15-3-2-10-27-15/h2-5,10-11H,6-9H2,1H3,(H2,20,21,24,26). The van der Waals surface area contributed by atoms with E-state index in [4.69, 9.17) is 23.8 Å². The molecule has 27 heavy (non-hydrogen) atoms. The number of benzene rings is 1. The van der Waals surface area contributed by atoms with E-state index < -0.39 is 0 Å². The summed E-state index contributed by atoms with van der Waals surface area (Å²) in [6, 6.07) is 8.51. The molecule has 9 heteroatoms. The molecule has 2 heterocycles. The van der Waals surface area contributed by atoms with Crippen LogP contribution in [0, 0.1) is 0 Å². The fourth-order valence-electron chi connectivity index (χ4n) is 2.67. The first-order valence-electron chi connectivity index (χ1n) is 8.37. The first-order chi connectivity index (χ1) is 12.9. The zero-order chi connectivity index (χ0) is 19.4. The Morgan fingerprint density at radius 2 is 1.93 bits per heavy atom. The van der Waals surface area contributed by atoms with Gasteiger partial charge in [-0.05, 0) is 48.9 Å². The van der Waals surface area contributed by atoms with Gasteiger partial charge in [-0.15, -0.1) is 11.3 Å². The van der Waals surface area contributed by atoms with Crippen LogP contribution in [-0.4, -0.2) is 60.0 Å². The number of piperazine rings is 1. The van der Waals surface area contributed by atoms with Crippen molar-refractivity contribution in [3.8, 4) is 0 Å². The first kappa shape index (κ1) is 19.8. The molecule has 1 aliphatic rings. The number of hydrogen-bond acceptors (Lipinski definition) is 5. The average molecular weight is 423 g/mol. The van der Waals surface area contributed by atoms with Crippen LogP contribution in [0.15, 0.2) is 35.7 Å². The van der Waals surface area contributed by atoms with Gasteiger partial charge < -0.3 is 15.1 Å². The Bertz CT molecular complexity index is 849. The number of nitrogens with one attached hydrogen (secondary N) is 2. The Hall–Kier alpha value is -2.00. The minimum atomic E-state index is -0.289. The third-order valence-corrected chi connectivity index (χ3v) is 5.63. The Labute approximate surface area is 172 Å². The fourth-order valence-corrected chi connectivity index (χ4v) is 3.66. The van der Waals surface area contributed by atoms with E-state index in [2.05, 4.69) is 15.5 Å². The van der Waals surface area contributed by atoms with Crippen LogP contribution in [0.4, 0.5) is 5.69 Å². The lowest BCUT2D eigenvalue weighted by Crippen LogP contribution is -2.47. The van der Waals surface area contributed by atoms with Crippen LogP contribution in [0.2, 0.25) is 5.02 Å². The lowest BCUT2D eigenvalue weighted by molar-refractivity contribution is 0.0664. The van der Waals surface area contributed by atoms with Crippen molar-refractivity contribution in [2.24, 2.45) is 0 Å². The van der Waals surface area contributed by atoms with Crippen LogP contribution in [0.1, 0.15) is 20.0 Å². The number of anilines is 1. The molecular formula is C18H19ClN4O2S2. The van der Waals surface area contributed by atoms with Gasteiger partial charge in [0.2, 0.25) is 0 Å². The molecule has 0 bridgehead atoms. The van der Waals surface area contributed by atoms with Crippen LogP contribution >= 0.6 is 35.2 Å². The number of hydrogen-bond donors (Lipinski definition) is 2. The maximum atomic E-state index is 12.7. The predicted octanol–water partition coefficient (Wildman–Crippen LogP) is 2.92. The van der Waals surface area contributed by atoms with E-state index >= 15 is 0 Å². The third-order valence-electron chi connectivity index (χ3n) is 4.22. The normalized spacial score (nSPS) is 14.7. The largest absolute Gasteiger partial charge is 0.336 e. The number of carbonyl (C=O) groups excluding carboxylic acids is 2. The molecule has 6 nitrogen and oxygen atoms in total. The molecule has 0 spiro atoms. The molecule has 0 aliphatic carbocycles. The van der Waals surface area contributed by atoms with Gasteiger partial charge in [0.15, 0.2) is 5.11 Å². The Morgan fingerprint density at radius 3 is 2.59 bits per heavy atom. The van der Waals surface area contributed by atoms with E-state index in [1.807, 2.05) is 17.3 Å². The summed E-state index contributed by atoms with van der Waals surface area (Å²) in [7, 11) is 2.04. The maximum Gasteiger partial charge on any atom is 0.267 e. The third kappa shape index (κ3) is 5.04. The van der Waals surface area contributed by atoms with Gasteiger partial charge in [0.25, 0.3) is 11.8 Å². The van der Waals surface area contributed by atoms with Gasteiger partial charge >= 0.3 is 0 Å². The minimum absolute atomic E-state index is 0.0450. The van der Waals surface area contributed by atoms with Crippen molar-refractivity contribution in [3.63, 3.8) is 0 Å². The highest BCUT2D eigenvalue weighted by Crippen LogP contribution is 2.24. The smallest absolute Gasteiger partial charge is 0.267 e. The number of nitrogens with zero attached hydrogens (tertiary/aromatic N) is 2. The van der Waals surface area contributed by atoms with Crippen molar-refractivity contribution in [1.29, 1.82) is 0 Å². The molecule has 0 atom stereocenters. The predicted molar refractivity (Wildman–Crippen MR) is 113 cm³/mol. The Balaban J connectivity index is 1.67. The second-order valence-electron chi connectivity index (χ2n) is 6.18. The molecule has 1 aliphatic heterocycles. The Kier molecular flexibility index (Phi) is 6.43. The topological polar surface area (TPSA) is 64.7 Å². The number of amides is 2. The van der Waals surface area contributed by atoms with Crippen molar-refractivity contribution in [2.75, 3.05) is 38.5 Å². The van der Waals surface area contributed by atoms with Crippen molar-refractivity contribution < 1.29 is 9.59 Å². The molecule has 1 saturated heterocycles. The molecule has 0 saturated carbocycles. The highest BCUT2D eigenvalue weighted by molar-refractivity contribution is 7.80. The van der Waals surface area contributed by atoms with E-state index in [0.717, 1.165) is 13.1 Å². The van der Waals surface area contributed by atoms with Crippen LogP contribution < -0.4 is 10.6 Å². The summed E-state index contributed by atoms with van der Waals surface area (Å²) in [5.74, 6) is -0.334. The van der Waals surface area contributed by atoms with Gasteiger partial charge in [0.1, 0.15) is 0 Å². The number of thiophene rings is 1. The average Bonchev–Trinajstić information content (AvgIpc) is 3.18. The second kappa shape index (κ2) is 8.79. The number of carbonyl (C=O) groups is 2. The number of halogens is 1. The first-order valence-corrected chi connectivity index (χ1v) is 10.0. The molecule has 1 aromatic heterocycles. The fraction of sp³-hybridized carbons (Fsp3) is 0.278. The summed E-state index contributed by atoms with van der Waals surface area (Å²) >= 11 is 12.7. The van der Waals surface area contributed by atoms with Gasteiger partial charge in [-0.2, -0.15) is 0 Å². The van der Waals surface area contributed by atoms with Gasteiger partial charge in [0.05, 0.1) is 15.6 Å². The van der Waals surface area contributed by atoms with Gasteiger partial charge in [-0.25, -0.2) is 0 Å². The zero-order valence-electron chi connectivity index (χ0n) is 14.7. The molecule has 0 radical (unpaired) electrons. The van der Waals surface area contributed by atoms with Crippen molar-refractivity contribution in [1.82, 2.24) is 15.1 Å². The molecule has 0 unspecified atom stereocenters. The molecule has 2 N–H and O–H groups in total. The second-order valence-corrected chi connectivity index (χ2v) is 7.94. The lowest BCUT2D eigenvalue weighted by atomic mass is 10.1. The van der Waals surface area contributed by atoms with Crippen LogP contribution in [0.25, 0.3) is 0 Å². The molecular weight excluding hydrogens is 404 g/mol. The van der Waals surface area contributed by atoms with Gasteiger partial charge in [-0.1, -0.05) is 17.7 Å². The highest BCUT2D eigenvalue weighted by atomic mass is 35.5. The summed E-state index contributed by atoms with van der Waals surface area (Å²) in [6.07, 6.45) is 0. The van der Waals surface area contributed by atoms with Crippen LogP contribution in [-0.2, 0) is 0 Å². The number of rotatable bonds is 3. The van der Waals surface area contributed by atoms with Crippen molar-refractivity contribution >= 4 is 57.8 Å². The summed E-state index contributed by atoms with van der Waals surface area (Å²) in [5.41, 5.74) is 1.01. The van der Waals surface area contributed by atoms with Crippen LogP contribution in [0.5, 0.6) is 0 Å². The summed E-state index contributed by atoms with van der Waals surface area (Å²) in [4.78, 5) is 29.4. The van der Waals surface area contributed by atoms with Crippen LogP contribution in [0.3, 0.4) is 0 Å². The van der Waals surface area contributed by atoms with Gasteiger partial charge in [0, 0.05) is 31.7 Å². The van der Waals surface area contributed by atoms with E-state index in [9.17, 15) is 9.59 Å². The zero-order valence-corrected chi connectivity index (χ0v) is 17.1. The maximum absolute atomic E-state index is 12.7. The SMILES string of the molecule is CN1CCN(C(=O)c2ccc(Cl)c(NC(=S)NC(=O)c3cccs3)c2)CC1. The molecule has 1 aromatic carbocycles. The monoisotopic (exact) mass is 422 g/mol. The summed E-state index contributed by atoms with van der Waals surface area (Å²) in [6.45, 7) is 3.08. The summed E-state index contributed by atoms with van der Waals surface area (Å²) < 4.78 is 0. The molecule has 142 valence electrons.